The van der Waals surface area contributed by atoms with Gasteiger partial charge in [-0.05, 0) is 37.7 Å². The fourth-order valence-corrected chi connectivity index (χ4v) is 3.35. The van der Waals surface area contributed by atoms with Crippen molar-refractivity contribution in [3.05, 3.63) is 12.3 Å². The summed E-state index contributed by atoms with van der Waals surface area (Å²) in [5.74, 6) is 2.51. The van der Waals surface area contributed by atoms with Crippen molar-refractivity contribution in [2.75, 3.05) is 43.4 Å². The minimum atomic E-state index is 0.357. The number of likely N-dealkylation sites (tertiary alicyclic amines) is 1. The summed E-state index contributed by atoms with van der Waals surface area (Å²) in [6.07, 6.45) is 6.99. The molecular formula is C16H25N5O. The van der Waals surface area contributed by atoms with Crippen LogP contribution in [0.2, 0.25) is 0 Å². The molecule has 0 atom stereocenters. The quantitative estimate of drug-likeness (QED) is 0.918. The third kappa shape index (κ3) is 3.48. The first kappa shape index (κ1) is 15.1. The monoisotopic (exact) mass is 303 g/mol. The molecule has 1 N–H and O–H groups in total. The maximum atomic E-state index is 12.2. The van der Waals surface area contributed by atoms with Crippen LogP contribution in [-0.2, 0) is 4.79 Å². The number of piperidine rings is 1. The Hall–Kier alpha value is -1.85. The molecule has 0 bridgehead atoms. The Morgan fingerprint density at radius 3 is 2.68 bits per heavy atom. The Labute approximate surface area is 131 Å². The van der Waals surface area contributed by atoms with Crippen molar-refractivity contribution < 1.29 is 4.79 Å². The molecule has 3 heterocycles. The van der Waals surface area contributed by atoms with Crippen LogP contribution in [0.15, 0.2) is 12.3 Å². The van der Waals surface area contributed by atoms with Gasteiger partial charge in [0.1, 0.15) is 5.82 Å². The molecule has 0 spiro atoms. The summed E-state index contributed by atoms with van der Waals surface area (Å²) in [5, 5.41) is 2.97. The van der Waals surface area contributed by atoms with E-state index < -0.39 is 0 Å². The van der Waals surface area contributed by atoms with Gasteiger partial charge in [0.25, 0.3) is 0 Å². The topological polar surface area (TPSA) is 61.4 Å². The van der Waals surface area contributed by atoms with Crippen LogP contribution in [0.5, 0.6) is 0 Å². The molecule has 22 heavy (non-hydrogen) atoms. The van der Waals surface area contributed by atoms with E-state index in [4.69, 9.17) is 0 Å². The third-order valence-corrected chi connectivity index (χ3v) is 4.73. The Kier molecular flexibility index (Phi) is 4.75. The van der Waals surface area contributed by atoms with E-state index in [1.807, 2.05) is 18.0 Å². The van der Waals surface area contributed by atoms with Crippen LogP contribution in [0.3, 0.4) is 0 Å². The van der Waals surface area contributed by atoms with Gasteiger partial charge < -0.3 is 15.1 Å². The number of anilines is 2. The molecule has 2 fully saturated rings. The van der Waals surface area contributed by atoms with Crippen molar-refractivity contribution in [1.29, 1.82) is 0 Å². The second-order valence-electron chi connectivity index (χ2n) is 6.21. The molecule has 0 saturated carbocycles. The first-order valence-electron chi connectivity index (χ1n) is 8.30. The van der Waals surface area contributed by atoms with Gasteiger partial charge in [-0.2, -0.15) is 4.98 Å². The zero-order chi connectivity index (χ0) is 15.4. The molecule has 0 radical (unpaired) electrons. The van der Waals surface area contributed by atoms with E-state index in [0.717, 1.165) is 51.3 Å². The van der Waals surface area contributed by atoms with Gasteiger partial charge in [0.2, 0.25) is 11.9 Å². The maximum absolute atomic E-state index is 12.2. The van der Waals surface area contributed by atoms with Crippen molar-refractivity contribution in [1.82, 2.24) is 14.9 Å². The number of nitrogens with one attached hydrogen (secondary N) is 1. The largest absolute Gasteiger partial charge is 0.357 e. The number of hydrogen-bond donors (Lipinski definition) is 1. The van der Waals surface area contributed by atoms with E-state index in [1.165, 1.54) is 12.8 Å². The molecule has 6 heteroatoms. The predicted octanol–water partition coefficient (Wildman–Crippen LogP) is 1.75. The fraction of sp³-hybridized carbons (Fsp3) is 0.688. The second kappa shape index (κ2) is 6.94. The van der Waals surface area contributed by atoms with Gasteiger partial charge in [0.15, 0.2) is 0 Å². The number of amides is 1. The molecule has 1 amide bonds. The van der Waals surface area contributed by atoms with Crippen LogP contribution in [0.4, 0.5) is 11.8 Å². The van der Waals surface area contributed by atoms with Gasteiger partial charge in [-0.25, -0.2) is 4.98 Å². The summed E-state index contributed by atoms with van der Waals surface area (Å²) in [6.45, 7) is 3.87. The van der Waals surface area contributed by atoms with Crippen LogP contribution < -0.4 is 10.2 Å². The summed E-state index contributed by atoms with van der Waals surface area (Å²) in [7, 11) is 1.83. The second-order valence-corrected chi connectivity index (χ2v) is 6.21. The van der Waals surface area contributed by atoms with Gasteiger partial charge in [0.05, 0.1) is 0 Å². The number of carbonyl (C=O) groups is 1. The van der Waals surface area contributed by atoms with Crippen LogP contribution >= 0.6 is 0 Å². The average Bonchev–Trinajstić information content (AvgIpc) is 3.10. The molecule has 1 aromatic rings. The smallest absolute Gasteiger partial charge is 0.224 e. The van der Waals surface area contributed by atoms with Crippen LogP contribution in [0.25, 0.3) is 0 Å². The number of rotatable bonds is 4. The van der Waals surface area contributed by atoms with Gasteiger partial charge in [-0.15, -0.1) is 0 Å². The fourth-order valence-electron chi connectivity index (χ4n) is 3.35. The minimum Gasteiger partial charge on any atom is -0.357 e. The Bertz CT molecular complexity index is 507. The number of hydrogen-bond acceptors (Lipinski definition) is 5. The van der Waals surface area contributed by atoms with Crippen LogP contribution in [-0.4, -0.2) is 54.0 Å². The zero-order valence-electron chi connectivity index (χ0n) is 13.3. The Morgan fingerprint density at radius 2 is 2.00 bits per heavy atom. The molecule has 1 aromatic heterocycles. The highest BCUT2D eigenvalue weighted by Gasteiger charge is 2.25. The van der Waals surface area contributed by atoms with E-state index >= 15 is 0 Å². The minimum absolute atomic E-state index is 0.357. The molecule has 2 aliphatic heterocycles. The van der Waals surface area contributed by atoms with Crippen molar-refractivity contribution in [3.63, 3.8) is 0 Å². The highest BCUT2D eigenvalue weighted by Crippen LogP contribution is 2.25. The third-order valence-electron chi connectivity index (χ3n) is 4.73. The van der Waals surface area contributed by atoms with Crippen molar-refractivity contribution in [2.24, 2.45) is 5.92 Å². The normalized spacial score (nSPS) is 19.5. The number of carbonyl (C=O) groups excluding carboxylic acids is 1. The summed E-state index contributed by atoms with van der Waals surface area (Å²) in [6, 6.07) is 1.95. The lowest BCUT2D eigenvalue weighted by atomic mass is 9.93. The first-order valence-corrected chi connectivity index (χ1v) is 8.30. The molecule has 0 aliphatic carbocycles. The molecule has 3 rings (SSSR count). The highest BCUT2D eigenvalue weighted by atomic mass is 16.2. The molecule has 2 saturated heterocycles. The van der Waals surface area contributed by atoms with Crippen molar-refractivity contribution in [2.45, 2.75) is 32.1 Å². The summed E-state index contributed by atoms with van der Waals surface area (Å²) < 4.78 is 0. The van der Waals surface area contributed by atoms with Gasteiger partial charge in [-0.1, -0.05) is 0 Å². The summed E-state index contributed by atoms with van der Waals surface area (Å²) in [4.78, 5) is 25.2. The van der Waals surface area contributed by atoms with E-state index in [9.17, 15) is 4.79 Å². The SMILES string of the molecule is CNc1nccc(N2CCC(CC(=O)N3CCCC3)CC2)n1. The molecule has 0 unspecified atom stereocenters. The van der Waals surface area contributed by atoms with Crippen molar-refractivity contribution in [3.8, 4) is 0 Å². The van der Waals surface area contributed by atoms with Crippen LogP contribution in [0, 0.1) is 5.92 Å². The maximum Gasteiger partial charge on any atom is 0.224 e. The van der Waals surface area contributed by atoms with E-state index in [1.54, 1.807) is 6.20 Å². The Morgan fingerprint density at radius 1 is 1.27 bits per heavy atom. The van der Waals surface area contributed by atoms with Gasteiger partial charge in [0, 0.05) is 45.8 Å². The lowest BCUT2D eigenvalue weighted by Crippen LogP contribution is -2.37. The first-order chi connectivity index (χ1) is 10.8. The summed E-state index contributed by atoms with van der Waals surface area (Å²) in [5.41, 5.74) is 0. The van der Waals surface area contributed by atoms with E-state index in [2.05, 4.69) is 20.2 Å². The van der Waals surface area contributed by atoms with Crippen molar-refractivity contribution >= 4 is 17.7 Å². The average molecular weight is 303 g/mol. The van der Waals surface area contributed by atoms with Crippen LogP contribution in [0.1, 0.15) is 32.1 Å². The zero-order valence-corrected chi connectivity index (χ0v) is 13.3. The molecule has 120 valence electrons. The number of aromatic nitrogens is 2. The molecule has 6 nitrogen and oxygen atoms in total. The Balaban J connectivity index is 1.50. The summed E-state index contributed by atoms with van der Waals surface area (Å²) >= 11 is 0. The van der Waals surface area contributed by atoms with Gasteiger partial charge >= 0.3 is 0 Å². The lowest BCUT2D eigenvalue weighted by molar-refractivity contribution is -0.131. The molecular weight excluding hydrogens is 278 g/mol. The standard InChI is InChI=1S/C16H25N5O/c1-17-16-18-7-4-14(19-16)20-10-5-13(6-11-20)12-15(22)21-8-2-3-9-21/h4,7,13H,2-3,5-6,8-12H2,1H3,(H,17,18,19). The molecule has 2 aliphatic rings. The number of nitrogens with zero attached hydrogens (tertiary/aromatic N) is 4. The highest BCUT2D eigenvalue weighted by molar-refractivity contribution is 5.76. The predicted molar refractivity (Wildman–Crippen MR) is 86.9 cm³/mol. The van der Waals surface area contributed by atoms with Gasteiger partial charge in [-0.3, -0.25) is 4.79 Å². The van der Waals surface area contributed by atoms with E-state index in [0.29, 0.717) is 17.8 Å². The van der Waals surface area contributed by atoms with E-state index in [-0.39, 0.29) is 0 Å². The molecule has 0 aromatic carbocycles. The lowest BCUT2D eigenvalue weighted by Gasteiger charge is -2.33.